The van der Waals surface area contributed by atoms with Crippen LogP contribution in [0.1, 0.15) is 23.2 Å². The smallest absolute Gasteiger partial charge is 0.255 e. The zero-order chi connectivity index (χ0) is 14.9. The molecule has 0 atom stereocenters. The number of aromatic nitrogens is 1. The van der Waals surface area contributed by atoms with Gasteiger partial charge in [0.25, 0.3) is 5.91 Å². The van der Waals surface area contributed by atoms with E-state index in [0.29, 0.717) is 5.56 Å². The summed E-state index contributed by atoms with van der Waals surface area (Å²) in [6.45, 7) is 0. The monoisotopic (exact) mass is 299 g/mol. The lowest BCUT2D eigenvalue weighted by atomic mass is 10.2. The van der Waals surface area contributed by atoms with E-state index >= 15 is 0 Å². The molecule has 2 rings (SSSR count). The molecule has 110 valence electrons. The fourth-order valence-corrected chi connectivity index (χ4v) is 2.03. The summed E-state index contributed by atoms with van der Waals surface area (Å²) in [4.78, 5) is 17.3. The number of pyridine rings is 1. The second-order valence-corrected chi connectivity index (χ2v) is 6.71. The third-order valence-corrected chi connectivity index (χ3v) is 3.17. The second-order valence-electron chi connectivity index (χ2n) is 4.96. The molecule has 1 aromatic heterocycles. The molecule has 8 heteroatoms. The maximum absolute atomic E-state index is 11.9. The largest absolute Gasteiger partial charge is 0.486 e. The number of nitrogens with zero attached hydrogens (tertiary/aromatic N) is 2. The first-order valence-corrected chi connectivity index (χ1v) is 8.01. The Balaban J connectivity index is 2.34. The summed E-state index contributed by atoms with van der Waals surface area (Å²) in [5.41, 5.74) is 0.352. The average Bonchev–Trinajstić information content (AvgIpc) is 3.12. The molecule has 1 fully saturated rings. The molecule has 0 aliphatic heterocycles. The highest BCUT2D eigenvalue weighted by atomic mass is 32.2. The predicted octanol–water partition coefficient (Wildman–Crippen LogP) is 0.696. The van der Waals surface area contributed by atoms with Gasteiger partial charge in [-0.05, 0) is 18.9 Å². The summed E-state index contributed by atoms with van der Waals surface area (Å²) in [7, 11) is -0.190. The normalized spacial score (nSPS) is 14.8. The summed E-state index contributed by atoms with van der Waals surface area (Å²) in [5, 5.41) is 0. The van der Waals surface area contributed by atoms with Crippen LogP contribution in [-0.4, -0.2) is 50.7 Å². The molecule has 0 spiro atoms. The van der Waals surface area contributed by atoms with E-state index in [-0.39, 0.29) is 23.6 Å². The van der Waals surface area contributed by atoms with Crippen molar-refractivity contribution in [2.75, 3.05) is 25.1 Å². The third-order valence-electron chi connectivity index (χ3n) is 2.61. The minimum Gasteiger partial charge on any atom is -0.486 e. The molecule has 1 N–H and O–H groups in total. The van der Waals surface area contributed by atoms with Crippen molar-refractivity contribution < 1.29 is 17.9 Å². The van der Waals surface area contributed by atoms with Crippen LogP contribution in [0.2, 0.25) is 0 Å². The number of hydrogen-bond donors (Lipinski definition) is 1. The number of amides is 1. The Morgan fingerprint density at radius 2 is 2.10 bits per heavy atom. The Morgan fingerprint density at radius 3 is 2.60 bits per heavy atom. The minimum absolute atomic E-state index is 0.0709. The number of hydrogen-bond acceptors (Lipinski definition) is 5. The Hall–Kier alpha value is -1.83. The van der Waals surface area contributed by atoms with Gasteiger partial charge in [0.2, 0.25) is 10.0 Å². The van der Waals surface area contributed by atoms with E-state index in [1.807, 2.05) is 0 Å². The van der Waals surface area contributed by atoms with Crippen molar-refractivity contribution in [2.24, 2.45) is 0 Å². The lowest BCUT2D eigenvalue weighted by molar-refractivity contribution is 0.0826. The van der Waals surface area contributed by atoms with Gasteiger partial charge < -0.3 is 9.64 Å². The van der Waals surface area contributed by atoms with Crippen molar-refractivity contribution in [1.29, 1.82) is 0 Å². The van der Waals surface area contributed by atoms with Crippen LogP contribution in [0, 0.1) is 0 Å². The molecule has 1 amide bonds. The number of carbonyl (C=O) groups excluding carboxylic acids is 1. The van der Waals surface area contributed by atoms with Crippen LogP contribution < -0.4 is 9.46 Å². The van der Waals surface area contributed by atoms with Crippen molar-refractivity contribution >= 4 is 21.7 Å². The maximum atomic E-state index is 11.9. The van der Waals surface area contributed by atoms with E-state index in [4.69, 9.17) is 4.74 Å². The molecule has 7 nitrogen and oxygen atoms in total. The lowest BCUT2D eigenvalue weighted by Gasteiger charge is -2.14. The van der Waals surface area contributed by atoms with E-state index in [1.165, 1.54) is 17.2 Å². The molecule has 0 bridgehead atoms. The fourth-order valence-electron chi connectivity index (χ4n) is 1.53. The van der Waals surface area contributed by atoms with Gasteiger partial charge in [-0.25, -0.2) is 13.4 Å². The zero-order valence-electron chi connectivity index (χ0n) is 11.6. The molecule has 0 aromatic carbocycles. The molecule has 0 radical (unpaired) electrons. The topological polar surface area (TPSA) is 88.6 Å². The van der Waals surface area contributed by atoms with Crippen molar-refractivity contribution in [3.63, 3.8) is 0 Å². The molecule has 1 aromatic rings. The number of ether oxygens (including phenoxy) is 1. The molecule has 1 aliphatic rings. The van der Waals surface area contributed by atoms with Gasteiger partial charge >= 0.3 is 0 Å². The summed E-state index contributed by atoms with van der Waals surface area (Å²) in [5.74, 6) is 0.171. The molecular formula is C12H17N3O4S. The van der Waals surface area contributed by atoms with Crippen molar-refractivity contribution in [3.05, 3.63) is 17.8 Å². The first kappa shape index (κ1) is 14.6. The second kappa shape index (κ2) is 5.28. The zero-order valence-corrected chi connectivity index (χ0v) is 12.4. The van der Waals surface area contributed by atoms with Gasteiger partial charge in [-0.3, -0.25) is 9.52 Å². The maximum Gasteiger partial charge on any atom is 0.255 e. The first-order valence-electron chi connectivity index (χ1n) is 6.12. The summed E-state index contributed by atoms with van der Waals surface area (Å²) in [6, 6.07) is 1.52. The number of rotatable bonds is 5. The SMILES string of the molecule is CN(C)C(=O)c1cnc(NS(C)(=O)=O)c(OC2CC2)c1. The van der Waals surface area contributed by atoms with E-state index in [9.17, 15) is 13.2 Å². The summed E-state index contributed by atoms with van der Waals surface area (Å²) < 4.78 is 30.5. The summed E-state index contributed by atoms with van der Waals surface area (Å²) >= 11 is 0. The molecule has 0 saturated heterocycles. The number of carbonyl (C=O) groups is 1. The number of nitrogens with one attached hydrogen (secondary N) is 1. The molecule has 1 heterocycles. The van der Waals surface area contributed by atoms with Crippen molar-refractivity contribution in [1.82, 2.24) is 9.88 Å². The molecule has 0 unspecified atom stereocenters. The van der Waals surface area contributed by atoms with Crippen LogP contribution in [0.4, 0.5) is 5.82 Å². The van der Waals surface area contributed by atoms with Gasteiger partial charge in [-0.1, -0.05) is 0 Å². The van der Waals surface area contributed by atoms with Gasteiger partial charge in [0.15, 0.2) is 11.6 Å². The Morgan fingerprint density at radius 1 is 1.45 bits per heavy atom. The Bertz CT molecular complexity index is 624. The average molecular weight is 299 g/mol. The minimum atomic E-state index is -3.45. The van der Waals surface area contributed by atoms with Crippen LogP contribution in [0.5, 0.6) is 5.75 Å². The van der Waals surface area contributed by atoms with Crippen LogP contribution >= 0.6 is 0 Å². The van der Waals surface area contributed by atoms with Gasteiger partial charge in [0, 0.05) is 20.3 Å². The number of sulfonamides is 1. The van der Waals surface area contributed by atoms with Crippen LogP contribution in [0.15, 0.2) is 12.3 Å². The molecule has 1 saturated carbocycles. The summed E-state index contributed by atoms with van der Waals surface area (Å²) in [6.07, 6.45) is 4.28. The highest BCUT2D eigenvalue weighted by Gasteiger charge is 2.26. The van der Waals surface area contributed by atoms with Crippen LogP contribution in [0.25, 0.3) is 0 Å². The van der Waals surface area contributed by atoms with Gasteiger partial charge in [0.05, 0.1) is 17.9 Å². The van der Waals surface area contributed by atoms with Gasteiger partial charge in [-0.2, -0.15) is 0 Å². The quantitative estimate of drug-likeness (QED) is 0.864. The van der Waals surface area contributed by atoms with Crippen LogP contribution in [0.3, 0.4) is 0 Å². The van der Waals surface area contributed by atoms with E-state index in [0.717, 1.165) is 19.1 Å². The highest BCUT2D eigenvalue weighted by Crippen LogP contribution is 2.32. The van der Waals surface area contributed by atoms with Crippen molar-refractivity contribution in [2.45, 2.75) is 18.9 Å². The highest BCUT2D eigenvalue weighted by molar-refractivity contribution is 7.92. The van der Waals surface area contributed by atoms with E-state index in [2.05, 4.69) is 9.71 Å². The Labute approximate surface area is 118 Å². The van der Waals surface area contributed by atoms with E-state index < -0.39 is 10.0 Å². The van der Waals surface area contributed by atoms with Crippen molar-refractivity contribution in [3.8, 4) is 5.75 Å². The first-order chi connectivity index (χ1) is 9.26. The lowest BCUT2D eigenvalue weighted by Crippen LogP contribution is -2.22. The van der Waals surface area contributed by atoms with Crippen LogP contribution in [-0.2, 0) is 10.0 Å². The predicted molar refractivity (Wildman–Crippen MR) is 74.4 cm³/mol. The van der Waals surface area contributed by atoms with Gasteiger partial charge in [-0.15, -0.1) is 0 Å². The molecular weight excluding hydrogens is 282 g/mol. The van der Waals surface area contributed by atoms with Gasteiger partial charge in [0.1, 0.15) is 0 Å². The van der Waals surface area contributed by atoms with E-state index in [1.54, 1.807) is 14.1 Å². The standard InChI is InChI=1S/C12H17N3O4S/c1-15(2)12(16)8-6-10(19-9-4-5-9)11(13-7-8)14-20(3,17)18/h6-7,9H,4-5H2,1-3H3,(H,13,14). The number of anilines is 1. The Kier molecular flexibility index (Phi) is 3.85. The molecule has 20 heavy (non-hydrogen) atoms. The molecule has 1 aliphatic carbocycles. The fraction of sp³-hybridized carbons (Fsp3) is 0.500. The third kappa shape index (κ3) is 3.83.